The van der Waals surface area contributed by atoms with Gasteiger partial charge >= 0.3 is 0 Å². The number of rotatable bonds is 11. The quantitative estimate of drug-likeness (QED) is 0.417. The molecule has 0 atom stereocenters. The van der Waals surface area contributed by atoms with E-state index in [4.69, 9.17) is 28.4 Å². The van der Waals surface area contributed by atoms with Crippen LogP contribution in [0.5, 0.6) is 0 Å². The van der Waals surface area contributed by atoms with Crippen molar-refractivity contribution in [3.63, 3.8) is 0 Å². The second-order valence-corrected chi connectivity index (χ2v) is 10.3. The predicted molar refractivity (Wildman–Crippen MR) is 128 cm³/mol. The fourth-order valence-electron chi connectivity index (χ4n) is 3.82. The third kappa shape index (κ3) is 10.8. The lowest BCUT2D eigenvalue weighted by Gasteiger charge is -2.40. The normalized spacial score (nSPS) is 23.3. The zero-order valence-electron chi connectivity index (χ0n) is 22.4. The molecule has 2 aliphatic heterocycles. The summed E-state index contributed by atoms with van der Waals surface area (Å²) in [7, 11) is 3.36. The van der Waals surface area contributed by atoms with Crippen molar-refractivity contribution in [1.29, 1.82) is 0 Å². The molecule has 0 unspecified atom stereocenters. The third-order valence-corrected chi connectivity index (χ3v) is 6.60. The summed E-state index contributed by atoms with van der Waals surface area (Å²) < 4.78 is 34.6. The summed E-state index contributed by atoms with van der Waals surface area (Å²) in [5.74, 6) is -1.62. The molecule has 0 N–H and O–H groups in total. The molecule has 0 aliphatic carbocycles. The molecule has 0 aromatic rings. The van der Waals surface area contributed by atoms with E-state index in [0.29, 0.717) is 26.4 Å². The Morgan fingerprint density at radius 1 is 0.727 bits per heavy atom. The first-order valence-corrected chi connectivity index (χ1v) is 12.3. The zero-order valence-corrected chi connectivity index (χ0v) is 22.4. The van der Waals surface area contributed by atoms with E-state index in [9.17, 15) is 0 Å². The molecular weight excluding hydrogens is 426 g/mol. The molecular formula is C24H49N3O6. The van der Waals surface area contributed by atoms with Gasteiger partial charge in [0.2, 0.25) is 0 Å². The van der Waals surface area contributed by atoms with Crippen molar-refractivity contribution in [3.8, 4) is 0 Å². The maximum absolute atomic E-state index is 5.96. The average Bonchev–Trinajstić information content (AvgIpc) is 2.85. The fourth-order valence-corrected chi connectivity index (χ4v) is 3.82. The summed E-state index contributed by atoms with van der Waals surface area (Å²) in [6.07, 6.45) is 0. The van der Waals surface area contributed by atoms with E-state index in [1.54, 1.807) is 14.2 Å². The van der Waals surface area contributed by atoms with Crippen LogP contribution >= 0.6 is 0 Å². The van der Waals surface area contributed by atoms with Crippen molar-refractivity contribution < 1.29 is 28.4 Å². The van der Waals surface area contributed by atoms with Gasteiger partial charge in [0, 0.05) is 66.6 Å². The maximum atomic E-state index is 5.96. The number of nitrogens with zero attached hydrogens (tertiary/aromatic N) is 3. The SMILES string of the molecule is COC(C)(C)OCCN1CCN(CCOC(C)(C)OC)CCN(C2COC(C)(C)OC2)CC1. The number of hydrogen-bond donors (Lipinski definition) is 0. The highest BCUT2D eigenvalue weighted by atomic mass is 16.7. The lowest BCUT2D eigenvalue weighted by atomic mass is 10.2. The van der Waals surface area contributed by atoms with Crippen molar-refractivity contribution in [2.45, 2.75) is 64.9 Å². The number of methoxy groups -OCH3 is 2. The molecule has 0 aromatic carbocycles. The largest absolute Gasteiger partial charge is 0.354 e. The second-order valence-electron chi connectivity index (χ2n) is 10.3. The molecule has 0 amide bonds. The molecule has 9 heteroatoms. The van der Waals surface area contributed by atoms with Crippen molar-refractivity contribution in [2.75, 3.05) is 93.0 Å². The smallest absolute Gasteiger partial charge is 0.162 e. The van der Waals surface area contributed by atoms with Crippen LogP contribution in [0.2, 0.25) is 0 Å². The molecule has 0 aromatic heterocycles. The van der Waals surface area contributed by atoms with Gasteiger partial charge in [0.15, 0.2) is 17.4 Å². The van der Waals surface area contributed by atoms with E-state index in [1.165, 1.54) is 0 Å². The molecule has 2 aliphatic rings. The lowest BCUT2D eigenvalue weighted by Crippen LogP contribution is -2.53. The van der Waals surface area contributed by atoms with Gasteiger partial charge in [-0.2, -0.15) is 0 Å². The van der Waals surface area contributed by atoms with Crippen LogP contribution in [0.25, 0.3) is 0 Å². The van der Waals surface area contributed by atoms with E-state index in [-0.39, 0.29) is 6.04 Å². The van der Waals surface area contributed by atoms with Gasteiger partial charge in [0.25, 0.3) is 0 Å². The molecule has 0 radical (unpaired) electrons. The van der Waals surface area contributed by atoms with Crippen LogP contribution in [0.15, 0.2) is 0 Å². The molecule has 2 heterocycles. The minimum Gasteiger partial charge on any atom is -0.354 e. The first-order valence-electron chi connectivity index (χ1n) is 12.3. The summed E-state index contributed by atoms with van der Waals surface area (Å²) in [5, 5.41) is 0. The Bertz CT molecular complexity index is 516. The molecule has 2 saturated heterocycles. The molecule has 196 valence electrons. The van der Waals surface area contributed by atoms with E-state index >= 15 is 0 Å². The molecule has 0 saturated carbocycles. The van der Waals surface area contributed by atoms with Gasteiger partial charge in [-0.05, 0) is 41.5 Å². The van der Waals surface area contributed by atoms with Crippen LogP contribution in [0.3, 0.4) is 0 Å². The highest BCUT2D eigenvalue weighted by molar-refractivity contribution is 4.80. The summed E-state index contributed by atoms with van der Waals surface area (Å²) in [6, 6.07) is 0.271. The first kappa shape index (κ1) is 28.9. The second kappa shape index (κ2) is 13.1. The molecule has 9 nitrogen and oxygen atoms in total. The van der Waals surface area contributed by atoms with E-state index in [2.05, 4.69) is 14.7 Å². The minimum atomic E-state index is -0.563. The van der Waals surface area contributed by atoms with E-state index in [1.807, 2.05) is 41.5 Å². The Hall–Kier alpha value is -0.360. The first-order chi connectivity index (χ1) is 15.5. The molecule has 0 spiro atoms. The van der Waals surface area contributed by atoms with E-state index in [0.717, 1.165) is 52.4 Å². The highest BCUT2D eigenvalue weighted by Crippen LogP contribution is 2.20. The van der Waals surface area contributed by atoms with Crippen molar-refractivity contribution in [1.82, 2.24) is 14.7 Å². The van der Waals surface area contributed by atoms with Crippen molar-refractivity contribution >= 4 is 0 Å². The number of hydrogen-bond acceptors (Lipinski definition) is 9. The van der Waals surface area contributed by atoms with Gasteiger partial charge in [0.05, 0.1) is 32.5 Å². The number of ether oxygens (including phenoxy) is 6. The Labute approximate surface area is 201 Å². The summed E-state index contributed by atoms with van der Waals surface area (Å²) in [5.41, 5.74) is 0. The maximum Gasteiger partial charge on any atom is 0.162 e. The van der Waals surface area contributed by atoms with Gasteiger partial charge in [0.1, 0.15) is 0 Å². The topological polar surface area (TPSA) is 65.1 Å². The van der Waals surface area contributed by atoms with Crippen LogP contribution < -0.4 is 0 Å². The summed E-state index contributed by atoms with van der Waals surface area (Å²) >= 11 is 0. The van der Waals surface area contributed by atoms with Crippen molar-refractivity contribution in [3.05, 3.63) is 0 Å². The molecule has 33 heavy (non-hydrogen) atoms. The minimum absolute atomic E-state index is 0.271. The van der Waals surface area contributed by atoms with Crippen LogP contribution in [0.4, 0.5) is 0 Å². The average molecular weight is 476 g/mol. The monoisotopic (exact) mass is 475 g/mol. The van der Waals surface area contributed by atoms with E-state index < -0.39 is 17.4 Å². The standard InChI is InChI=1S/C24H49N3O6/c1-22(2,28-7)30-17-15-25-9-10-26(16-18-31-23(3,4)29-8)12-14-27(13-11-25)21-19-32-24(5,6)33-20-21/h21H,9-20H2,1-8H3. The molecule has 0 bridgehead atoms. The van der Waals surface area contributed by atoms with Gasteiger partial charge in [-0.15, -0.1) is 0 Å². The van der Waals surface area contributed by atoms with Crippen molar-refractivity contribution in [2.24, 2.45) is 0 Å². The van der Waals surface area contributed by atoms with Crippen LogP contribution in [0, 0.1) is 0 Å². The van der Waals surface area contributed by atoms with Crippen LogP contribution in [-0.4, -0.2) is 131 Å². The lowest BCUT2D eigenvalue weighted by molar-refractivity contribution is -0.264. The Morgan fingerprint density at radius 2 is 1.12 bits per heavy atom. The van der Waals surface area contributed by atoms with Gasteiger partial charge in [-0.25, -0.2) is 0 Å². The predicted octanol–water partition coefficient (Wildman–Crippen LogP) is 1.86. The molecule has 2 rings (SSSR count). The van der Waals surface area contributed by atoms with Gasteiger partial charge in [-0.3, -0.25) is 14.7 Å². The Balaban J connectivity index is 1.96. The van der Waals surface area contributed by atoms with Gasteiger partial charge < -0.3 is 28.4 Å². The van der Waals surface area contributed by atoms with Crippen LogP contribution in [-0.2, 0) is 28.4 Å². The Morgan fingerprint density at radius 3 is 1.52 bits per heavy atom. The third-order valence-electron chi connectivity index (χ3n) is 6.60. The fraction of sp³-hybridized carbons (Fsp3) is 1.00. The highest BCUT2D eigenvalue weighted by Gasteiger charge is 2.32. The zero-order chi connectivity index (χ0) is 24.5. The molecule has 2 fully saturated rings. The Kier molecular flexibility index (Phi) is 11.5. The summed E-state index contributed by atoms with van der Waals surface area (Å²) in [4.78, 5) is 7.47. The van der Waals surface area contributed by atoms with Gasteiger partial charge in [-0.1, -0.05) is 0 Å². The van der Waals surface area contributed by atoms with Crippen LogP contribution in [0.1, 0.15) is 41.5 Å². The summed E-state index contributed by atoms with van der Waals surface area (Å²) in [6.45, 7) is 22.0.